The number of nitrogens with zero attached hydrogens (tertiary/aromatic N) is 2. The Morgan fingerprint density at radius 2 is 1.74 bits per heavy atom. The minimum Gasteiger partial charge on any atom is -0.345 e. The normalized spacial score (nSPS) is 17.2. The molecule has 1 saturated heterocycles. The van der Waals surface area contributed by atoms with E-state index in [2.05, 4.69) is 5.32 Å². The van der Waals surface area contributed by atoms with Gasteiger partial charge in [-0.25, -0.2) is 0 Å². The number of alkyl halides is 3. The van der Waals surface area contributed by atoms with E-state index in [-0.39, 0.29) is 22.6 Å². The van der Waals surface area contributed by atoms with Gasteiger partial charge in [0.05, 0.1) is 16.5 Å². The summed E-state index contributed by atoms with van der Waals surface area (Å²) in [6.45, 7) is 1.13. The van der Waals surface area contributed by atoms with Crippen molar-refractivity contribution in [2.24, 2.45) is 0 Å². The van der Waals surface area contributed by atoms with Crippen LogP contribution < -0.4 is 10.2 Å². The van der Waals surface area contributed by atoms with Crippen LogP contribution in [0.15, 0.2) is 42.5 Å². The van der Waals surface area contributed by atoms with Gasteiger partial charge in [0.25, 0.3) is 5.91 Å². The highest BCUT2D eigenvalue weighted by Crippen LogP contribution is 2.49. The SMILES string of the molecule is CN(C)C(=O)c1ccc2c(c1C(=O)C=Cc1ccccc1C(F)(F)F)C1(CCNCC1)C(=O)N2C. The molecule has 2 heterocycles. The summed E-state index contributed by atoms with van der Waals surface area (Å²) in [4.78, 5) is 42.9. The van der Waals surface area contributed by atoms with E-state index in [1.807, 2.05) is 0 Å². The predicted octanol–water partition coefficient (Wildman–Crippen LogP) is 3.90. The number of piperidine rings is 1. The molecule has 0 radical (unpaired) electrons. The molecule has 1 spiro atoms. The third-order valence-corrected chi connectivity index (χ3v) is 6.76. The lowest BCUT2D eigenvalue weighted by molar-refractivity contribution is -0.137. The molecule has 2 aromatic rings. The molecule has 35 heavy (non-hydrogen) atoms. The molecule has 9 heteroatoms. The second kappa shape index (κ2) is 8.96. The van der Waals surface area contributed by atoms with Crippen LogP contribution in [-0.4, -0.2) is 56.7 Å². The van der Waals surface area contributed by atoms with Crippen molar-refractivity contribution in [1.82, 2.24) is 10.2 Å². The van der Waals surface area contributed by atoms with Crippen molar-refractivity contribution in [3.63, 3.8) is 0 Å². The second-order valence-corrected chi connectivity index (χ2v) is 9.06. The molecule has 0 atom stereocenters. The molecule has 0 aromatic heterocycles. The van der Waals surface area contributed by atoms with E-state index in [0.29, 0.717) is 37.2 Å². The summed E-state index contributed by atoms with van der Waals surface area (Å²) in [5.74, 6) is -1.19. The Hall–Kier alpha value is -3.46. The Morgan fingerprint density at radius 3 is 2.37 bits per heavy atom. The molecule has 0 unspecified atom stereocenters. The number of nitrogens with one attached hydrogen (secondary N) is 1. The molecule has 2 aliphatic rings. The van der Waals surface area contributed by atoms with Gasteiger partial charge in [0.15, 0.2) is 5.78 Å². The Labute approximate surface area is 201 Å². The van der Waals surface area contributed by atoms with Crippen molar-refractivity contribution in [3.05, 3.63) is 70.3 Å². The van der Waals surface area contributed by atoms with Crippen molar-refractivity contribution in [2.45, 2.75) is 24.4 Å². The number of benzene rings is 2. The Morgan fingerprint density at radius 1 is 1.09 bits per heavy atom. The first-order chi connectivity index (χ1) is 16.5. The molecule has 2 aliphatic heterocycles. The van der Waals surface area contributed by atoms with Crippen molar-refractivity contribution in [1.29, 1.82) is 0 Å². The summed E-state index contributed by atoms with van der Waals surface area (Å²) in [7, 11) is 4.74. The number of ketones is 1. The van der Waals surface area contributed by atoms with Crippen LogP contribution in [0, 0.1) is 0 Å². The van der Waals surface area contributed by atoms with Crippen LogP contribution in [0.1, 0.15) is 50.2 Å². The van der Waals surface area contributed by atoms with E-state index in [0.717, 1.165) is 18.2 Å². The number of fused-ring (bicyclic) bond motifs is 2. The van der Waals surface area contributed by atoms with E-state index in [1.54, 1.807) is 27.2 Å². The number of carbonyl (C=O) groups excluding carboxylic acids is 3. The summed E-state index contributed by atoms with van der Waals surface area (Å²) < 4.78 is 40.3. The standard InChI is InChI=1S/C26H26F3N3O3/c1-31(2)23(34)17-9-10-19-22(25(24(35)32(19)3)12-14-30-15-13-25)21(17)20(33)11-8-16-6-4-5-7-18(16)26(27,28)29/h4-11,30H,12-15H2,1-3H3. The van der Waals surface area contributed by atoms with Crippen LogP contribution in [0.3, 0.4) is 0 Å². The van der Waals surface area contributed by atoms with Gasteiger partial charge >= 0.3 is 6.18 Å². The number of hydrogen-bond donors (Lipinski definition) is 1. The maximum Gasteiger partial charge on any atom is 0.416 e. The van der Waals surface area contributed by atoms with Gasteiger partial charge < -0.3 is 15.1 Å². The Bertz CT molecular complexity index is 1230. The van der Waals surface area contributed by atoms with Crippen molar-refractivity contribution < 1.29 is 27.6 Å². The summed E-state index contributed by atoms with van der Waals surface area (Å²) in [5, 5.41) is 3.22. The zero-order chi connectivity index (χ0) is 25.5. The summed E-state index contributed by atoms with van der Waals surface area (Å²) >= 11 is 0. The maximum absolute atomic E-state index is 13.6. The molecule has 1 N–H and O–H groups in total. The number of amides is 2. The fourth-order valence-corrected chi connectivity index (χ4v) is 5.03. The van der Waals surface area contributed by atoms with E-state index >= 15 is 0 Å². The number of anilines is 1. The van der Waals surface area contributed by atoms with Gasteiger partial charge in [-0.3, -0.25) is 14.4 Å². The molecule has 0 bridgehead atoms. The number of allylic oxidation sites excluding steroid dienone is 1. The molecule has 0 aliphatic carbocycles. The number of hydrogen-bond acceptors (Lipinski definition) is 4. The third-order valence-electron chi connectivity index (χ3n) is 6.76. The fourth-order valence-electron chi connectivity index (χ4n) is 5.03. The van der Waals surface area contributed by atoms with E-state index in [1.165, 1.54) is 34.1 Å². The molecule has 4 rings (SSSR count). The zero-order valence-electron chi connectivity index (χ0n) is 19.7. The highest BCUT2D eigenvalue weighted by Gasteiger charge is 2.52. The molecule has 1 fully saturated rings. The summed E-state index contributed by atoms with van der Waals surface area (Å²) in [6, 6.07) is 8.14. The van der Waals surface area contributed by atoms with Gasteiger partial charge in [0, 0.05) is 38.0 Å². The quantitative estimate of drug-likeness (QED) is 0.527. The first-order valence-corrected chi connectivity index (χ1v) is 11.3. The second-order valence-electron chi connectivity index (χ2n) is 9.06. The molecule has 2 amide bonds. The molecular formula is C26H26F3N3O3. The van der Waals surface area contributed by atoms with Crippen molar-refractivity contribution in [2.75, 3.05) is 39.1 Å². The molecule has 184 valence electrons. The van der Waals surface area contributed by atoms with Crippen LogP contribution in [0.25, 0.3) is 6.08 Å². The van der Waals surface area contributed by atoms with Gasteiger partial charge in [-0.2, -0.15) is 13.2 Å². The average Bonchev–Trinajstić information content (AvgIpc) is 3.03. The van der Waals surface area contributed by atoms with Crippen molar-refractivity contribution >= 4 is 29.4 Å². The largest absolute Gasteiger partial charge is 0.416 e. The minimum atomic E-state index is -4.59. The molecule has 2 aromatic carbocycles. The van der Waals surface area contributed by atoms with Crippen molar-refractivity contribution in [3.8, 4) is 0 Å². The average molecular weight is 486 g/mol. The van der Waals surface area contributed by atoms with Gasteiger partial charge in [-0.1, -0.05) is 24.3 Å². The lowest BCUT2D eigenvalue weighted by atomic mass is 9.71. The first kappa shape index (κ1) is 24.7. The van der Waals surface area contributed by atoms with Gasteiger partial charge in [0.1, 0.15) is 0 Å². The van der Waals surface area contributed by atoms with E-state index in [9.17, 15) is 27.6 Å². The van der Waals surface area contributed by atoms with Gasteiger partial charge in [-0.05, 0) is 55.8 Å². The number of likely N-dealkylation sites (N-methyl/N-ethyl adjacent to an activating group) is 1. The molecular weight excluding hydrogens is 459 g/mol. The summed E-state index contributed by atoms with van der Waals surface area (Å²) in [5.41, 5.74) is -0.781. The molecule has 6 nitrogen and oxygen atoms in total. The number of halogens is 3. The Kier molecular flexibility index (Phi) is 6.31. The fraction of sp³-hybridized carbons (Fsp3) is 0.346. The Balaban J connectivity index is 1.90. The van der Waals surface area contributed by atoms with Crippen LogP contribution in [0.4, 0.5) is 18.9 Å². The first-order valence-electron chi connectivity index (χ1n) is 11.3. The highest BCUT2D eigenvalue weighted by molar-refractivity contribution is 6.20. The smallest absolute Gasteiger partial charge is 0.345 e. The van der Waals surface area contributed by atoms with E-state index in [4.69, 9.17) is 0 Å². The maximum atomic E-state index is 13.6. The lowest BCUT2D eigenvalue weighted by Crippen LogP contribution is -2.47. The third kappa shape index (κ3) is 4.14. The van der Waals surface area contributed by atoms with Crippen LogP contribution in [-0.2, 0) is 16.4 Å². The predicted molar refractivity (Wildman–Crippen MR) is 126 cm³/mol. The van der Waals surface area contributed by atoms with Crippen LogP contribution in [0.2, 0.25) is 0 Å². The van der Waals surface area contributed by atoms with Gasteiger partial charge in [-0.15, -0.1) is 0 Å². The lowest BCUT2D eigenvalue weighted by Gasteiger charge is -2.34. The monoisotopic (exact) mass is 485 g/mol. The van der Waals surface area contributed by atoms with E-state index < -0.39 is 28.8 Å². The highest BCUT2D eigenvalue weighted by atomic mass is 19.4. The topological polar surface area (TPSA) is 69.7 Å². The van der Waals surface area contributed by atoms with Crippen LogP contribution >= 0.6 is 0 Å². The minimum absolute atomic E-state index is 0.0709. The number of rotatable bonds is 4. The van der Waals surface area contributed by atoms with Crippen LogP contribution in [0.5, 0.6) is 0 Å². The number of carbonyl (C=O) groups is 3. The summed E-state index contributed by atoms with van der Waals surface area (Å²) in [6.07, 6.45) is -1.51. The molecule has 0 saturated carbocycles. The zero-order valence-corrected chi connectivity index (χ0v) is 19.7. The van der Waals surface area contributed by atoms with Gasteiger partial charge in [0.2, 0.25) is 5.91 Å².